The van der Waals surface area contributed by atoms with Gasteiger partial charge in [-0.15, -0.1) is 17.5 Å². The van der Waals surface area contributed by atoms with Crippen molar-refractivity contribution in [3.63, 3.8) is 0 Å². The first-order valence-electron chi connectivity index (χ1n) is 8.09. The summed E-state index contributed by atoms with van der Waals surface area (Å²) in [5, 5.41) is 17.4. The van der Waals surface area contributed by atoms with Crippen LogP contribution in [0.3, 0.4) is 0 Å². The quantitative estimate of drug-likeness (QED) is 0.652. The van der Waals surface area contributed by atoms with Crippen LogP contribution in [0.2, 0.25) is 0 Å². The topological polar surface area (TPSA) is 84.7 Å². The van der Waals surface area contributed by atoms with E-state index in [4.69, 9.17) is 0 Å². The number of nitrogens with one attached hydrogen (secondary N) is 2. The number of amides is 1. The summed E-state index contributed by atoms with van der Waals surface area (Å²) in [4.78, 5) is 12.6. The fourth-order valence-corrected chi connectivity index (χ4v) is 2.40. The Morgan fingerprint density at radius 2 is 2.12 bits per heavy atom. The number of rotatable bonds is 9. The molecule has 1 aromatic heterocycles. The Kier molecular flexibility index (Phi) is 9.01. The Balaban J connectivity index is 0.00000312. The van der Waals surface area contributed by atoms with Crippen LogP contribution in [0.4, 0.5) is 4.39 Å². The van der Waals surface area contributed by atoms with Gasteiger partial charge in [0, 0.05) is 19.5 Å². The minimum Gasteiger partial charge on any atom is -0.353 e. The summed E-state index contributed by atoms with van der Waals surface area (Å²) in [6.45, 7) is 5.94. The second-order valence-corrected chi connectivity index (χ2v) is 5.56. The summed E-state index contributed by atoms with van der Waals surface area (Å²) in [7, 11) is 0. The molecule has 0 aliphatic carbocycles. The smallest absolute Gasteiger partial charge is 0.245 e. The van der Waals surface area contributed by atoms with Crippen molar-refractivity contribution in [1.82, 2.24) is 30.8 Å². The van der Waals surface area contributed by atoms with Crippen molar-refractivity contribution in [3.8, 4) is 0 Å². The number of aryl methyl sites for hydroxylation is 1. The molecule has 0 fully saturated rings. The van der Waals surface area contributed by atoms with Crippen molar-refractivity contribution >= 4 is 18.3 Å². The molecule has 1 unspecified atom stereocenters. The number of hydrogen-bond donors (Lipinski definition) is 2. The van der Waals surface area contributed by atoms with Gasteiger partial charge in [-0.05, 0) is 48.0 Å². The van der Waals surface area contributed by atoms with Gasteiger partial charge in [0.2, 0.25) is 5.91 Å². The third-order valence-corrected chi connectivity index (χ3v) is 3.60. The zero-order valence-electron chi connectivity index (χ0n) is 14.4. The second-order valence-electron chi connectivity index (χ2n) is 5.56. The van der Waals surface area contributed by atoms with Crippen molar-refractivity contribution in [2.75, 3.05) is 19.6 Å². The number of benzene rings is 1. The van der Waals surface area contributed by atoms with Gasteiger partial charge < -0.3 is 10.6 Å². The summed E-state index contributed by atoms with van der Waals surface area (Å²) in [5.41, 5.74) is 0.717. The van der Waals surface area contributed by atoms with E-state index in [2.05, 4.69) is 33.1 Å². The summed E-state index contributed by atoms with van der Waals surface area (Å²) in [5.74, 6) is 0.0208. The van der Waals surface area contributed by atoms with Crippen molar-refractivity contribution in [2.45, 2.75) is 32.7 Å². The molecule has 1 atom stereocenters. The number of halogens is 2. The second kappa shape index (κ2) is 10.7. The van der Waals surface area contributed by atoms with Crippen LogP contribution in [0.15, 0.2) is 24.3 Å². The Morgan fingerprint density at radius 1 is 1.32 bits per heavy atom. The van der Waals surface area contributed by atoms with Crippen molar-refractivity contribution in [1.29, 1.82) is 0 Å². The molecule has 0 radical (unpaired) electrons. The van der Waals surface area contributed by atoms with Gasteiger partial charge in [0.05, 0.1) is 0 Å². The fourth-order valence-electron chi connectivity index (χ4n) is 2.40. The summed E-state index contributed by atoms with van der Waals surface area (Å²) >= 11 is 0. The molecule has 2 aromatic rings. The normalized spacial score (nSPS) is 11.6. The predicted molar refractivity (Wildman–Crippen MR) is 95.1 cm³/mol. The van der Waals surface area contributed by atoms with Crippen LogP contribution in [0.5, 0.6) is 0 Å². The molecule has 1 amide bonds. The van der Waals surface area contributed by atoms with E-state index in [0.717, 1.165) is 13.0 Å². The maximum absolute atomic E-state index is 13.4. The average molecular weight is 371 g/mol. The Morgan fingerprint density at radius 3 is 2.76 bits per heavy atom. The number of aromatic nitrogens is 4. The zero-order valence-corrected chi connectivity index (χ0v) is 15.2. The van der Waals surface area contributed by atoms with Gasteiger partial charge in [-0.1, -0.05) is 19.1 Å². The largest absolute Gasteiger partial charge is 0.353 e. The van der Waals surface area contributed by atoms with Crippen LogP contribution in [0.1, 0.15) is 30.8 Å². The SMILES string of the molecule is CCCNCCNC(=O)C(Cc1cccc(F)c1)n1nnnc1C.Cl. The maximum atomic E-state index is 13.4. The zero-order chi connectivity index (χ0) is 17.4. The first-order valence-corrected chi connectivity index (χ1v) is 8.09. The van der Waals surface area contributed by atoms with Crippen LogP contribution in [0, 0.1) is 12.7 Å². The molecule has 2 N–H and O–H groups in total. The molecule has 0 aliphatic rings. The average Bonchev–Trinajstić information content (AvgIpc) is 2.98. The molecule has 2 rings (SSSR count). The highest BCUT2D eigenvalue weighted by molar-refractivity contribution is 5.85. The molecule has 25 heavy (non-hydrogen) atoms. The number of carbonyl (C=O) groups excluding carboxylic acids is 1. The molecule has 0 aliphatic heterocycles. The lowest BCUT2D eigenvalue weighted by atomic mass is 10.1. The maximum Gasteiger partial charge on any atom is 0.245 e. The molecule has 0 spiro atoms. The lowest BCUT2D eigenvalue weighted by Crippen LogP contribution is -2.38. The fraction of sp³-hybridized carbons (Fsp3) is 0.500. The molecular weight excluding hydrogens is 347 g/mol. The van der Waals surface area contributed by atoms with Gasteiger partial charge in [0.1, 0.15) is 17.7 Å². The van der Waals surface area contributed by atoms with Gasteiger partial charge in [0.25, 0.3) is 0 Å². The highest BCUT2D eigenvalue weighted by Gasteiger charge is 2.24. The van der Waals surface area contributed by atoms with E-state index < -0.39 is 6.04 Å². The molecule has 0 saturated heterocycles. The lowest BCUT2D eigenvalue weighted by molar-refractivity contribution is -0.124. The van der Waals surface area contributed by atoms with Gasteiger partial charge in [-0.25, -0.2) is 9.07 Å². The van der Waals surface area contributed by atoms with Gasteiger partial charge in [0.15, 0.2) is 0 Å². The predicted octanol–water partition coefficient (Wildman–Crippen LogP) is 1.44. The third-order valence-electron chi connectivity index (χ3n) is 3.60. The minimum atomic E-state index is -0.618. The molecular formula is C16H24ClFN6O. The number of tetrazole rings is 1. The summed E-state index contributed by atoms with van der Waals surface area (Å²) in [6, 6.07) is 5.59. The number of carbonyl (C=O) groups is 1. The summed E-state index contributed by atoms with van der Waals surface area (Å²) < 4.78 is 14.9. The monoisotopic (exact) mass is 370 g/mol. The molecule has 9 heteroatoms. The highest BCUT2D eigenvalue weighted by Crippen LogP contribution is 2.15. The van der Waals surface area contributed by atoms with E-state index in [1.807, 2.05) is 0 Å². The Labute approximate surface area is 152 Å². The first-order chi connectivity index (χ1) is 11.6. The standard InChI is InChI=1S/C16H23FN6O.ClH/c1-3-7-18-8-9-19-16(24)15(23-12(2)20-21-22-23)11-13-5-4-6-14(17)10-13;/h4-6,10,15,18H,3,7-9,11H2,1-2H3,(H,19,24);1H. The Bertz CT molecular complexity index is 666. The van der Waals surface area contributed by atoms with Crippen LogP contribution in [-0.4, -0.2) is 45.7 Å². The molecule has 0 bridgehead atoms. The molecule has 0 saturated carbocycles. The molecule has 138 valence electrons. The van der Waals surface area contributed by atoms with Gasteiger partial charge >= 0.3 is 0 Å². The van der Waals surface area contributed by atoms with Crippen LogP contribution in [-0.2, 0) is 11.2 Å². The van der Waals surface area contributed by atoms with Crippen molar-refractivity contribution in [3.05, 3.63) is 41.5 Å². The van der Waals surface area contributed by atoms with Gasteiger partial charge in [-0.3, -0.25) is 4.79 Å². The van der Waals surface area contributed by atoms with E-state index in [0.29, 0.717) is 30.9 Å². The van der Waals surface area contributed by atoms with E-state index >= 15 is 0 Å². The van der Waals surface area contributed by atoms with E-state index in [-0.39, 0.29) is 24.1 Å². The van der Waals surface area contributed by atoms with Crippen LogP contribution in [0.25, 0.3) is 0 Å². The molecule has 1 aromatic carbocycles. The van der Waals surface area contributed by atoms with Crippen molar-refractivity contribution < 1.29 is 9.18 Å². The van der Waals surface area contributed by atoms with E-state index in [1.165, 1.54) is 16.8 Å². The Hall–Kier alpha value is -2.06. The minimum absolute atomic E-state index is 0. The van der Waals surface area contributed by atoms with Crippen LogP contribution < -0.4 is 10.6 Å². The van der Waals surface area contributed by atoms with Gasteiger partial charge in [-0.2, -0.15) is 0 Å². The highest BCUT2D eigenvalue weighted by atomic mass is 35.5. The van der Waals surface area contributed by atoms with Crippen molar-refractivity contribution in [2.24, 2.45) is 0 Å². The number of nitrogens with zero attached hydrogens (tertiary/aromatic N) is 4. The first kappa shape index (κ1) is 21.0. The molecule has 1 heterocycles. The third kappa shape index (κ3) is 6.39. The lowest BCUT2D eigenvalue weighted by Gasteiger charge is -2.18. The number of hydrogen-bond acceptors (Lipinski definition) is 5. The van der Waals surface area contributed by atoms with E-state index in [9.17, 15) is 9.18 Å². The molecule has 7 nitrogen and oxygen atoms in total. The van der Waals surface area contributed by atoms with Crippen LogP contribution >= 0.6 is 12.4 Å². The summed E-state index contributed by atoms with van der Waals surface area (Å²) in [6.07, 6.45) is 1.36. The van der Waals surface area contributed by atoms with E-state index in [1.54, 1.807) is 19.1 Å².